The molecule has 27 heavy (non-hydrogen) atoms. The Morgan fingerprint density at radius 1 is 1.07 bits per heavy atom. The lowest BCUT2D eigenvalue weighted by Crippen LogP contribution is -2.29. The van der Waals surface area contributed by atoms with Gasteiger partial charge in [-0.3, -0.25) is 4.79 Å². The summed E-state index contributed by atoms with van der Waals surface area (Å²) in [6, 6.07) is 17.5. The standard InChI is InChI=1S/C24H29NO2/c1-4-24(2,3)19-10-15-23(26)18(16-19)17-25-20-11-13-22(14-12-20)27-21-8-6-5-7-9-21/h5-9,11-14,17,19,25H,4,10,15-16H2,1-3H3/b18-17+/t19-/m1/s1. The smallest absolute Gasteiger partial charge is 0.160 e. The summed E-state index contributed by atoms with van der Waals surface area (Å²) < 4.78 is 5.81. The van der Waals surface area contributed by atoms with Crippen molar-refractivity contribution < 1.29 is 9.53 Å². The summed E-state index contributed by atoms with van der Waals surface area (Å²) in [4.78, 5) is 12.3. The maximum Gasteiger partial charge on any atom is 0.160 e. The number of hydrogen-bond donors (Lipinski definition) is 1. The topological polar surface area (TPSA) is 38.3 Å². The molecule has 142 valence electrons. The molecule has 2 aromatic rings. The fourth-order valence-electron chi connectivity index (χ4n) is 3.46. The quantitative estimate of drug-likeness (QED) is 0.589. The van der Waals surface area contributed by atoms with Gasteiger partial charge in [0.15, 0.2) is 5.78 Å². The van der Waals surface area contributed by atoms with Crippen molar-refractivity contribution in [1.82, 2.24) is 0 Å². The molecule has 0 heterocycles. The van der Waals surface area contributed by atoms with Gasteiger partial charge in [0.25, 0.3) is 0 Å². The van der Waals surface area contributed by atoms with E-state index in [2.05, 4.69) is 26.1 Å². The van der Waals surface area contributed by atoms with E-state index >= 15 is 0 Å². The number of carbonyl (C=O) groups excluding carboxylic acids is 1. The van der Waals surface area contributed by atoms with Crippen LogP contribution in [0.1, 0.15) is 46.5 Å². The van der Waals surface area contributed by atoms with Gasteiger partial charge in [-0.25, -0.2) is 0 Å². The lowest BCUT2D eigenvalue weighted by molar-refractivity contribution is -0.117. The van der Waals surface area contributed by atoms with Crippen LogP contribution >= 0.6 is 0 Å². The molecule has 1 atom stereocenters. The fourth-order valence-corrected chi connectivity index (χ4v) is 3.46. The molecule has 0 aliphatic heterocycles. The van der Waals surface area contributed by atoms with Gasteiger partial charge < -0.3 is 10.1 Å². The first-order valence-electron chi connectivity index (χ1n) is 9.79. The van der Waals surface area contributed by atoms with Crippen molar-refractivity contribution in [2.24, 2.45) is 11.3 Å². The molecule has 1 fully saturated rings. The summed E-state index contributed by atoms with van der Waals surface area (Å²) in [5, 5.41) is 3.29. The molecular formula is C24H29NO2. The van der Waals surface area contributed by atoms with Gasteiger partial charge in [0.2, 0.25) is 0 Å². The molecule has 3 nitrogen and oxygen atoms in total. The van der Waals surface area contributed by atoms with Crippen LogP contribution in [-0.2, 0) is 4.79 Å². The number of ketones is 1. The highest BCUT2D eigenvalue weighted by Crippen LogP contribution is 2.41. The third kappa shape index (κ3) is 5.00. The van der Waals surface area contributed by atoms with Gasteiger partial charge in [0.05, 0.1) is 0 Å². The van der Waals surface area contributed by atoms with Crippen LogP contribution in [0, 0.1) is 11.3 Å². The third-order valence-electron chi connectivity index (χ3n) is 5.81. The molecule has 0 saturated heterocycles. The molecular weight excluding hydrogens is 334 g/mol. The van der Waals surface area contributed by atoms with Gasteiger partial charge in [0.1, 0.15) is 11.5 Å². The zero-order valence-electron chi connectivity index (χ0n) is 16.5. The van der Waals surface area contributed by atoms with Crippen molar-refractivity contribution in [1.29, 1.82) is 0 Å². The second-order valence-corrected chi connectivity index (χ2v) is 7.96. The van der Waals surface area contributed by atoms with Crippen LogP contribution < -0.4 is 10.1 Å². The van der Waals surface area contributed by atoms with Crippen LogP contribution in [0.2, 0.25) is 0 Å². The number of Topliss-reactive ketones (excluding diaryl/α,β-unsaturated/α-hetero) is 1. The monoisotopic (exact) mass is 363 g/mol. The zero-order valence-corrected chi connectivity index (χ0v) is 16.5. The molecule has 1 N–H and O–H groups in total. The summed E-state index contributed by atoms with van der Waals surface area (Å²) >= 11 is 0. The van der Waals surface area contributed by atoms with Crippen molar-refractivity contribution in [2.45, 2.75) is 46.5 Å². The van der Waals surface area contributed by atoms with Crippen LogP contribution in [0.3, 0.4) is 0 Å². The SMILES string of the molecule is CCC(C)(C)[C@@H]1CCC(=O)/C(=C/Nc2ccc(Oc3ccccc3)cc2)C1. The normalized spacial score (nSPS) is 19.1. The number of anilines is 1. The van der Waals surface area contributed by atoms with Gasteiger partial charge >= 0.3 is 0 Å². The third-order valence-corrected chi connectivity index (χ3v) is 5.81. The zero-order chi connectivity index (χ0) is 19.3. The van der Waals surface area contributed by atoms with E-state index in [1.165, 1.54) is 0 Å². The van der Waals surface area contributed by atoms with Crippen LogP contribution in [0.4, 0.5) is 5.69 Å². The van der Waals surface area contributed by atoms with E-state index in [-0.39, 0.29) is 11.2 Å². The summed E-state index contributed by atoms with van der Waals surface area (Å²) in [6.07, 6.45) is 5.55. The van der Waals surface area contributed by atoms with Crippen molar-refractivity contribution in [3.05, 3.63) is 66.4 Å². The van der Waals surface area contributed by atoms with Gasteiger partial charge in [0, 0.05) is 23.9 Å². The Morgan fingerprint density at radius 3 is 2.41 bits per heavy atom. The maximum atomic E-state index is 12.3. The second-order valence-electron chi connectivity index (χ2n) is 7.96. The molecule has 3 rings (SSSR count). The summed E-state index contributed by atoms with van der Waals surface area (Å²) in [5.41, 5.74) is 2.14. The number of rotatable bonds is 6. The van der Waals surface area contributed by atoms with Crippen molar-refractivity contribution in [3.8, 4) is 11.5 Å². The van der Waals surface area contributed by atoms with E-state index in [4.69, 9.17) is 4.74 Å². The predicted octanol–water partition coefficient (Wildman–Crippen LogP) is 6.58. The van der Waals surface area contributed by atoms with E-state index in [1.807, 2.05) is 60.8 Å². The second kappa shape index (κ2) is 8.43. The number of ether oxygens (including phenoxy) is 1. The Bertz CT molecular complexity index is 791. The van der Waals surface area contributed by atoms with Gasteiger partial charge in [-0.1, -0.05) is 45.4 Å². The average molecular weight is 364 g/mol. The summed E-state index contributed by atoms with van der Waals surface area (Å²) in [5.74, 6) is 2.44. The molecule has 1 aliphatic rings. The summed E-state index contributed by atoms with van der Waals surface area (Å²) in [6.45, 7) is 6.85. The highest BCUT2D eigenvalue weighted by Gasteiger charge is 2.33. The fraction of sp³-hybridized carbons (Fsp3) is 0.375. The first-order valence-corrected chi connectivity index (χ1v) is 9.79. The Balaban J connectivity index is 1.63. The Labute approximate surface area is 162 Å². The predicted molar refractivity (Wildman–Crippen MR) is 111 cm³/mol. The minimum atomic E-state index is 0.273. The van der Waals surface area contributed by atoms with Crippen LogP contribution in [0.25, 0.3) is 0 Å². The number of hydrogen-bond acceptors (Lipinski definition) is 3. The van der Waals surface area contributed by atoms with Crippen molar-refractivity contribution in [2.75, 3.05) is 5.32 Å². The molecule has 0 bridgehead atoms. The number of benzene rings is 2. The largest absolute Gasteiger partial charge is 0.457 e. The first-order chi connectivity index (χ1) is 13.0. The average Bonchev–Trinajstić information content (AvgIpc) is 2.69. The van der Waals surface area contributed by atoms with E-state index in [1.54, 1.807) is 0 Å². The number of nitrogens with one attached hydrogen (secondary N) is 1. The van der Waals surface area contributed by atoms with Crippen LogP contribution in [0.15, 0.2) is 66.4 Å². The van der Waals surface area contributed by atoms with Gasteiger partial charge in [-0.15, -0.1) is 0 Å². The Morgan fingerprint density at radius 2 is 1.74 bits per heavy atom. The maximum absolute atomic E-state index is 12.3. The highest BCUT2D eigenvalue weighted by atomic mass is 16.5. The van der Waals surface area contributed by atoms with Gasteiger partial charge in [-0.05, 0) is 60.6 Å². The van der Waals surface area contributed by atoms with E-state index in [9.17, 15) is 4.79 Å². The highest BCUT2D eigenvalue weighted by molar-refractivity contribution is 5.96. The molecule has 1 saturated carbocycles. The van der Waals surface area contributed by atoms with Crippen LogP contribution in [-0.4, -0.2) is 5.78 Å². The van der Waals surface area contributed by atoms with E-state index in [0.717, 1.165) is 42.0 Å². The number of para-hydroxylation sites is 1. The minimum absolute atomic E-state index is 0.273. The van der Waals surface area contributed by atoms with Crippen LogP contribution in [0.5, 0.6) is 11.5 Å². The van der Waals surface area contributed by atoms with Gasteiger partial charge in [-0.2, -0.15) is 0 Å². The van der Waals surface area contributed by atoms with E-state index < -0.39 is 0 Å². The molecule has 0 aromatic heterocycles. The molecule has 0 radical (unpaired) electrons. The lowest BCUT2D eigenvalue weighted by Gasteiger charge is -2.36. The van der Waals surface area contributed by atoms with E-state index in [0.29, 0.717) is 12.3 Å². The number of carbonyl (C=O) groups is 1. The molecule has 0 unspecified atom stereocenters. The lowest BCUT2D eigenvalue weighted by atomic mass is 9.68. The first kappa shape index (κ1) is 19.2. The van der Waals surface area contributed by atoms with Crippen molar-refractivity contribution in [3.63, 3.8) is 0 Å². The van der Waals surface area contributed by atoms with Crippen molar-refractivity contribution >= 4 is 11.5 Å². The Hall–Kier alpha value is -2.55. The Kier molecular flexibility index (Phi) is 6.00. The molecule has 0 amide bonds. The minimum Gasteiger partial charge on any atom is -0.457 e. The molecule has 3 heteroatoms. The summed E-state index contributed by atoms with van der Waals surface area (Å²) in [7, 11) is 0. The molecule has 0 spiro atoms. The molecule has 1 aliphatic carbocycles. The number of allylic oxidation sites excluding steroid dienone is 1. The molecule has 2 aromatic carbocycles.